The average Bonchev–Trinajstić information content (AvgIpc) is 3.89. The smallest absolute Gasteiger partial charge is 0.0184 e. The molecule has 1 aliphatic carbocycles. The van der Waals surface area contributed by atoms with Crippen molar-refractivity contribution in [2.24, 2.45) is 0 Å². The van der Waals surface area contributed by atoms with Gasteiger partial charge in [0.2, 0.25) is 0 Å². The van der Waals surface area contributed by atoms with Crippen LogP contribution >= 0.6 is 24.8 Å². The maximum absolute atomic E-state index is 2.99. The third-order valence-corrected chi connectivity index (χ3v) is 8.79. The molecule has 0 aliphatic heterocycles. The van der Waals surface area contributed by atoms with Crippen LogP contribution in [0.1, 0.15) is 66.0 Å². The van der Waals surface area contributed by atoms with Crippen molar-refractivity contribution in [2.45, 2.75) is 65.7 Å². The van der Waals surface area contributed by atoms with Crippen LogP contribution in [0.4, 0.5) is 0 Å². The van der Waals surface area contributed by atoms with Gasteiger partial charge in [-0.2, -0.15) is 6.08 Å². The van der Waals surface area contributed by atoms with Crippen LogP contribution in [0.3, 0.4) is 0 Å². The minimum Gasteiger partial charge on any atom is -0.273 e. The second-order valence-electron chi connectivity index (χ2n) is 15.0. The molecule has 7 aromatic rings. The summed E-state index contributed by atoms with van der Waals surface area (Å²) in [6.45, 7) is 15.7. The summed E-state index contributed by atoms with van der Waals surface area (Å²) >= 11 is 1.51. The van der Waals surface area contributed by atoms with Gasteiger partial charge in [0, 0.05) is 0 Å². The summed E-state index contributed by atoms with van der Waals surface area (Å²) < 4.78 is 2.09. The van der Waals surface area contributed by atoms with E-state index in [1.54, 1.807) is 0 Å². The van der Waals surface area contributed by atoms with Crippen LogP contribution in [-0.2, 0) is 35.1 Å². The van der Waals surface area contributed by atoms with Crippen molar-refractivity contribution in [3.63, 3.8) is 0 Å². The van der Waals surface area contributed by atoms with Crippen LogP contribution in [0, 0.1) is 6.08 Å². The Balaban J connectivity index is 0.000000265. The zero-order valence-electron chi connectivity index (χ0n) is 33.4. The molecule has 55 heavy (non-hydrogen) atoms. The van der Waals surface area contributed by atoms with Crippen LogP contribution in [0.25, 0.3) is 43.8 Å². The maximum Gasteiger partial charge on any atom is -0.0184 e. The van der Waals surface area contributed by atoms with E-state index in [0.29, 0.717) is 0 Å². The van der Waals surface area contributed by atoms with Crippen molar-refractivity contribution < 1.29 is 24.2 Å². The number of allylic oxidation sites excluding steroid dienone is 4. The molecule has 0 spiro atoms. The zero-order valence-corrected chi connectivity index (χ0v) is 37.5. The second kappa shape index (κ2) is 23.8. The zero-order chi connectivity index (χ0) is 38.1. The molecule has 0 bridgehead atoms. The van der Waals surface area contributed by atoms with Crippen LogP contribution in [0.2, 0.25) is 0 Å². The fourth-order valence-corrected chi connectivity index (χ4v) is 5.79. The molecular formula is C52H56Cl2Zr. The van der Waals surface area contributed by atoms with Crippen molar-refractivity contribution in [2.75, 3.05) is 0 Å². The molecule has 0 radical (unpaired) electrons. The summed E-state index contributed by atoms with van der Waals surface area (Å²) in [7, 11) is 0. The van der Waals surface area contributed by atoms with Crippen molar-refractivity contribution in [1.29, 1.82) is 0 Å². The third-order valence-electron chi connectivity index (χ3n) is 8.79. The van der Waals surface area contributed by atoms with Crippen molar-refractivity contribution >= 4 is 50.1 Å². The van der Waals surface area contributed by atoms with Gasteiger partial charge in [-0.1, -0.05) is 198 Å². The summed E-state index contributed by atoms with van der Waals surface area (Å²) in [4.78, 5) is 0. The molecule has 0 amide bonds. The van der Waals surface area contributed by atoms with Gasteiger partial charge in [0.1, 0.15) is 0 Å². The molecule has 0 atom stereocenters. The van der Waals surface area contributed by atoms with Gasteiger partial charge in [0.15, 0.2) is 0 Å². The van der Waals surface area contributed by atoms with Crippen LogP contribution in [0.15, 0.2) is 182 Å². The summed E-state index contributed by atoms with van der Waals surface area (Å²) in [5, 5.41) is 5.49. The summed E-state index contributed by atoms with van der Waals surface area (Å²) in [6.07, 6.45) is 10.0. The standard InChI is InChI=1S/C21H25.2C12H10.C5H5.C2H4.2ClH.Zr/c1-20(2,3)16-9-7-14-11-15-8-10-17(21(4,5)6)13-19(15)18(14)12-16;2*1-3-7-11(8-4-1)12-9-5-2-6-10-12;1-2-4-5-3-1;1-2;;;/h7-13H,1-6H3;2*1-10H;1-3H,4H2;1H,2H3;2*1H;/q-1;;;-1;;;;+2. The largest absolute Gasteiger partial charge is 0.273 e. The summed E-state index contributed by atoms with van der Waals surface area (Å²) in [5.41, 5.74) is 8.30. The fourth-order valence-electron chi connectivity index (χ4n) is 5.79. The molecule has 7 aromatic carbocycles. The van der Waals surface area contributed by atoms with Gasteiger partial charge in [0.25, 0.3) is 0 Å². The van der Waals surface area contributed by atoms with Gasteiger partial charge in [-0.25, -0.2) is 12.2 Å². The Hall–Kier alpha value is -4.00. The van der Waals surface area contributed by atoms with Gasteiger partial charge in [-0.05, 0) is 33.1 Å². The van der Waals surface area contributed by atoms with Gasteiger partial charge in [-0.15, -0.1) is 71.0 Å². The Bertz CT molecular complexity index is 1940. The molecule has 0 fully saturated rings. The number of rotatable bonds is 2. The Morgan fingerprint density at radius 1 is 0.509 bits per heavy atom. The quantitative estimate of drug-likeness (QED) is 0.152. The van der Waals surface area contributed by atoms with Crippen molar-refractivity contribution in [3.8, 4) is 22.3 Å². The minimum atomic E-state index is 0. The predicted octanol–water partition coefficient (Wildman–Crippen LogP) is 15.5. The first kappa shape index (κ1) is 47.2. The monoisotopic (exact) mass is 840 g/mol. The predicted molar refractivity (Wildman–Crippen MR) is 246 cm³/mol. The first-order valence-corrected chi connectivity index (χ1v) is 19.9. The Morgan fingerprint density at radius 3 is 1.04 bits per heavy atom. The molecule has 0 unspecified atom stereocenters. The first-order chi connectivity index (χ1) is 25.5. The van der Waals surface area contributed by atoms with Crippen molar-refractivity contribution in [3.05, 3.63) is 199 Å². The molecule has 282 valence electrons. The van der Waals surface area contributed by atoms with Gasteiger partial charge < -0.3 is 0 Å². The van der Waals surface area contributed by atoms with E-state index in [-0.39, 0.29) is 35.6 Å². The fraction of sp³-hybridized carbons (Fsp3) is 0.192. The Kier molecular flexibility index (Phi) is 20.4. The molecule has 8 rings (SSSR count). The number of halogens is 2. The maximum atomic E-state index is 2.99. The Labute approximate surface area is 358 Å². The third kappa shape index (κ3) is 15.2. The van der Waals surface area contributed by atoms with Crippen LogP contribution < -0.4 is 0 Å². The molecular weight excluding hydrogens is 787 g/mol. The molecule has 0 saturated carbocycles. The molecule has 0 nitrogen and oxygen atoms in total. The molecule has 0 heterocycles. The minimum absolute atomic E-state index is 0. The van der Waals surface area contributed by atoms with E-state index >= 15 is 0 Å². The SMILES string of the molecule is CC(C)(C)c1ccc2[cH-]c3ccc(C(C)(C)C)cc3c2c1.C[CH]=[Zr+2].Cl.Cl.[C-]1=CC=CC1.c1ccc(-c2ccccc2)cc1.c1ccc(-c2ccccc2)cc1. The Morgan fingerprint density at radius 2 is 0.818 bits per heavy atom. The number of fused-ring (bicyclic) bond motifs is 3. The second-order valence-corrected chi connectivity index (χ2v) is 16.4. The molecule has 0 aromatic heterocycles. The topological polar surface area (TPSA) is 0 Å². The normalized spacial score (nSPS) is 11.1. The average molecular weight is 843 g/mol. The number of benzene rings is 6. The molecule has 3 heteroatoms. The van der Waals surface area contributed by atoms with E-state index in [1.807, 2.05) is 43.3 Å². The van der Waals surface area contributed by atoms with E-state index in [4.69, 9.17) is 0 Å². The van der Waals surface area contributed by atoms with Crippen LogP contribution in [-0.4, -0.2) is 3.71 Å². The van der Waals surface area contributed by atoms with E-state index in [0.717, 1.165) is 6.42 Å². The number of hydrogen-bond acceptors (Lipinski definition) is 0. The molecule has 1 aliphatic rings. The summed E-state index contributed by atoms with van der Waals surface area (Å²) in [5.74, 6) is 0. The van der Waals surface area contributed by atoms with E-state index in [9.17, 15) is 0 Å². The molecule has 0 N–H and O–H groups in total. The summed E-state index contributed by atoms with van der Waals surface area (Å²) in [6, 6.07) is 57.7. The van der Waals surface area contributed by atoms with E-state index < -0.39 is 0 Å². The van der Waals surface area contributed by atoms with Crippen molar-refractivity contribution in [1.82, 2.24) is 0 Å². The van der Waals surface area contributed by atoms with Gasteiger partial charge in [-0.3, -0.25) is 6.08 Å². The first-order valence-electron chi connectivity index (χ1n) is 18.5. The molecule has 0 saturated heterocycles. The van der Waals surface area contributed by atoms with Gasteiger partial charge in [0.05, 0.1) is 0 Å². The van der Waals surface area contributed by atoms with E-state index in [2.05, 4.69) is 197 Å². The van der Waals surface area contributed by atoms with E-state index in [1.165, 1.54) is 79.2 Å². The van der Waals surface area contributed by atoms with Crippen LogP contribution in [0.5, 0.6) is 0 Å². The number of hydrogen-bond donors (Lipinski definition) is 0. The van der Waals surface area contributed by atoms with Gasteiger partial charge >= 0.3 is 34.9 Å².